The van der Waals surface area contributed by atoms with E-state index in [0.29, 0.717) is 19.5 Å². The number of phenols is 1. The summed E-state index contributed by atoms with van der Waals surface area (Å²) in [6, 6.07) is 12.7. The lowest BCUT2D eigenvalue weighted by Crippen LogP contribution is -2.27. The van der Waals surface area contributed by atoms with Crippen molar-refractivity contribution in [2.24, 2.45) is 0 Å². The van der Waals surface area contributed by atoms with Gasteiger partial charge in [-0.1, -0.05) is 35.9 Å². The van der Waals surface area contributed by atoms with Crippen LogP contribution in [0.3, 0.4) is 0 Å². The molecule has 0 spiro atoms. The van der Waals surface area contributed by atoms with Gasteiger partial charge < -0.3 is 15.3 Å². The van der Waals surface area contributed by atoms with Crippen molar-refractivity contribution in [3.8, 4) is 5.75 Å². The van der Waals surface area contributed by atoms with Crippen molar-refractivity contribution in [2.75, 3.05) is 6.54 Å². The Morgan fingerprint density at radius 2 is 1.96 bits per heavy atom. The summed E-state index contributed by atoms with van der Waals surface area (Å²) in [4.78, 5) is 26.1. The molecule has 1 aliphatic heterocycles. The summed E-state index contributed by atoms with van der Waals surface area (Å²) in [6.07, 6.45) is 1.52. The van der Waals surface area contributed by atoms with E-state index in [-0.39, 0.29) is 23.1 Å². The molecule has 5 nitrogen and oxygen atoms in total. The van der Waals surface area contributed by atoms with E-state index in [2.05, 4.69) is 5.32 Å². The van der Waals surface area contributed by atoms with Crippen LogP contribution in [0.25, 0.3) is 0 Å². The molecule has 0 saturated carbocycles. The first kappa shape index (κ1) is 17.0. The zero-order valence-corrected chi connectivity index (χ0v) is 14.3. The highest BCUT2D eigenvalue weighted by atomic mass is 16.3. The van der Waals surface area contributed by atoms with Crippen molar-refractivity contribution in [3.05, 3.63) is 64.7 Å². The van der Waals surface area contributed by atoms with E-state index in [4.69, 9.17) is 0 Å². The first-order valence-electron chi connectivity index (χ1n) is 8.47. The highest BCUT2D eigenvalue weighted by Crippen LogP contribution is 2.19. The molecule has 0 aliphatic carbocycles. The predicted molar refractivity (Wildman–Crippen MR) is 95.1 cm³/mol. The number of hydrogen-bond acceptors (Lipinski definition) is 3. The molecule has 2 aromatic carbocycles. The van der Waals surface area contributed by atoms with Crippen molar-refractivity contribution in [2.45, 2.75) is 32.9 Å². The van der Waals surface area contributed by atoms with Crippen LogP contribution in [-0.2, 0) is 17.9 Å². The largest absolute Gasteiger partial charge is 0.507 e. The van der Waals surface area contributed by atoms with Crippen molar-refractivity contribution >= 4 is 11.8 Å². The number of carbonyl (C=O) groups excluding carboxylic acids is 2. The number of carbonyl (C=O) groups is 2. The molecule has 5 heteroatoms. The Hall–Kier alpha value is -2.82. The van der Waals surface area contributed by atoms with Gasteiger partial charge >= 0.3 is 0 Å². The van der Waals surface area contributed by atoms with Gasteiger partial charge in [0.15, 0.2) is 0 Å². The fraction of sp³-hybridized carbons (Fsp3) is 0.300. The van der Waals surface area contributed by atoms with Crippen LogP contribution in [0.2, 0.25) is 0 Å². The number of aryl methyl sites for hydroxylation is 1. The van der Waals surface area contributed by atoms with Crippen LogP contribution in [0.4, 0.5) is 0 Å². The molecule has 1 aliphatic rings. The van der Waals surface area contributed by atoms with Gasteiger partial charge in [-0.2, -0.15) is 0 Å². The highest BCUT2D eigenvalue weighted by molar-refractivity contribution is 5.96. The summed E-state index contributed by atoms with van der Waals surface area (Å²) in [7, 11) is 0. The Morgan fingerprint density at radius 3 is 2.68 bits per heavy atom. The molecule has 0 unspecified atom stereocenters. The van der Waals surface area contributed by atoms with Crippen LogP contribution in [-0.4, -0.2) is 28.4 Å². The topological polar surface area (TPSA) is 69.6 Å². The van der Waals surface area contributed by atoms with E-state index in [0.717, 1.165) is 29.7 Å². The molecular weight excluding hydrogens is 316 g/mol. The number of amides is 2. The summed E-state index contributed by atoms with van der Waals surface area (Å²) in [5.74, 6) is -0.157. The lowest BCUT2D eigenvalue weighted by molar-refractivity contribution is -0.128. The number of hydrogen-bond donors (Lipinski definition) is 2. The summed E-state index contributed by atoms with van der Waals surface area (Å²) in [6.45, 7) is 3.58. The lowest BCUT2D eigenvalue weighted by Gasteiger charge is -2.18. The minimum absolute atomic E-state index is 0.0287. The predicted octanol–water partition coefficient (Wildman–Crippen LogP) is 2.75. The number of benzene rings is 2. The summed E-state index contributed by atoms with van der Waals surface area (Å²) < 4.78 is 0. The molecule has 130 valence electrons. The molecule has 2 aromatic rings. The SMILES string of the molecule is Cc1ccc(O)c(C(=O)NCc2ccccc2CN2CCCC2=O)c1. The van der Waals surface area contributed by atoms with Crippen molar-refractivity contribution < 1.29 is 14.7 Å². The van der Waals surface area contributed by atoms with Crippen molar-refractivity contribution in [1.29, 1.82) is 0 Å². The smallest absolute Gasteiger partial charge is 0.255 e. The second kappa shape index (κ2) is 7.38. The standard InChI is InChI=1S/C20H22N2O3/c1-14-8-9-18(23)17(11-14)20(25)21-12-15-5-2-3-6-16(15)13-22-10-4-7-19(22)24/h2-3,5-6,8-9,11,23H,4,7,10,12-13H2,1H3,(H,21,25). The number of likely N-dealkylation sites (tertiary alicyclic amines) is 1. The average molecular weight is 338 g/mol. The van der Waals surface area contributed by atoms with E-state index < -0.39 is 0 Å². The molecule has 2 N–H and O–H groups in total. The first-order valence-corrected chi connectivity index (χ1v) is 8.47. The summed E-state index contributed by atoms with van der Waals surface area (Å²) in [5.41, 5.74) is 3.19. The van der Waals surface area contributed by atoms with Gasteiger partial charge in [0.1, 0.15) is 5.75 Å². The fourth-order valence-corrected chi connectivity index (χ4v) is 3.06. The minimum Gasteiger partial charge on any atom is -0.507 e. The average Bonchev–Trinajstić information content (AvgIpc) is 3.01. The third kappa shape index (κ3) is 3.99. The maximum absolute atomic E-state index is 12.4. The van der Waals surface area contributed by atoms with E-state index in [1.807, 2.05) is 36.1 Å². The quantitative estimate of drug-likeness (QED) is 0.881. The Morgan fingerprint density at radius 1 is 1.20 bits per heavy atom. The molecule has 25 heavy (non-hydrogen) atoms. The van der Waals surface area contributed by atoms with Gasteiger partial charge in [-0.25, -0.2) is 0 Å². The summed E-state index contributed by atoms with van der Waals surface area (Å²) in [5, 5.41) is 12.7. The second-order valence-electron chi connectivity index (χ2n) is 6.39. The summed E-state index contributed by atoms with van der Waals surface area (Å²) >= 11 is 0. The fourth-order valence-electron chi connectivity index (χ4n) is 3.06. The number of aromatic hydroxyl groups is 1. The zero-order valence-electron chi connectivity index (χ0n) is 14.3. The third-order valence-corrected chi connectivity index (χ3v) is 4.49. The third-order valence-electron chi connectivity index (χ3n) is 4.49. The van der Waals surface area contributed by atoms with Crippen LogP contribution in [0.5, 0.6) is 5.75 Å². The van der Waals surface area contributed by atoms with E-state index in [1.54, 1.807) is 12.1 Å². The molecule has 0 radical (unpaired) electrons. The van der Waals surface area contributed by atoms with Gasteiger partial charge in [-0.15, -0.1) is 0 Å². The Labute approximate surface area is 147 Å². The van der Waals surface area contributed by atoms with Crippen LogP contribution < -0.4 is 5.32 Å². The zero-order chi connectivity index (χ0) is 17.8. The lowest BCUT2D eigenvalue weighted by atomic mass is 10.1. The van der Waals surface area contributed by atoms with Gasteiger partial charge in [-0.05, 0) is 36.6 Å². The molecule has 0 aromatic heterocycles. The molecular formula is C20H22N2O3. The van der Waals surface area contributed by atoms with Crippen LogP contribution in [0.1, 0.15) is 39.9 Å². The molecule has 1 saturated heterocycles. The van der Waals surface area contributed by atoms with Gasteiger partial charge in [-0.3, -0.25) is 9.59 Å². The van der Waals surface area contributed by atoms with E-state index >= 15 is 0 Å². The van der Waals surface area contributed by atoms with Crippen molar-refractivity contribution in [1.82, 2.24) is 10.2 Å². The molecule has 1 fully saturated rings. The molecule has 3 rings (SSSR count). The molecule has 1 heterocycles. The van der Waals surface area contributed by atoms with Gasteiger partial charge in [0.25, 0.3) is 5.91 Å². The number of phenolic OH excluding ortho intramolecular Hbond substituents is 1. The van der Waals surface area contributed by atoms with Crippen LogP contribution in [0.15, 0.2) is 42.5 Å². The van der Waals surface area contributed by atoms with Crippen LogP contribution >= 0.6 is 0 Å². The monoisotopic (exact) mass is 338 g/mol. The van der Waals surface area contributed by atoms with Gasteiger partial charge in [0.05, 0.1) is 5.56 Å². The normalized spacial score (nSPS) is 14.0. The first-order chi connectivity index (χ1) is 12.0. The maximum atomic E-state index is 12.4. The number of nitrogens with zero attached hydrogens (tertiary/aromatic N) is 1. The Kier molecular flexibility index (Phi) is 5.03. The highest BCUT2D eigenvalue weighted by Gasteiger charge is 2.21. The van der Waals surface area contributed by atoms with E-state index in [9.17, 15) is 14.7 Å². The molecule has 2 amide bonds. The molecule has 0 bridgehead atoms. The minimum atomic E-state index is -0.312. The van der Waals surface area contributed by atoms with Gasteiger partial charge in [0.2, 0.25) is 5.91 Å². The number of rotatable bonds is 5. The Balaban J connectivity index is 1.70. The number of nitrogens with one attached hydrogen (secondary N) is 1. The second-order valence-corrected chi connectivity index (χ2v) is 6.39. The van der Waals surface area contributed by atoms with Crippen molar-refractivity contribution in [3.63, 3.8) is 0 Å². The van der Waals surface area contributed by atoms with Gasteiger partial charge in [0, 0.05) is 26.1 Å². The van der Waals surface area contributed by atoms with E-state index in [1.165, 1.54) is 6.07 Å². The van der Waals surface area contributed by atoms with Crippen LogP contribution in [0, 0.1) is 6.92 Å². The maximum Gasteiger partial charge on any atom is 0.255 e. The Bertz CT molecular complexity index is 801. The molecule has 0 atom stereocenters.